The molecule has 0 spiro atoms. The summed E-state index contributed by atoms with van der Waals surface area (Å²) in [7, 11) is 0. The zero-order chi connectivity index (χ0) is 9.78. The van der Waals surface area contributed by atoms with Crippen LogP contribution in [0.5, 0.6) is 0 Å². The zero-order valence-electron chi connectivity index (χ0n) is 8.85. The van der Waals surface area contributed by atoms with Crippen molar-refractivity contribution in [2.45, 2.75) is 41.0 Å². The molecule has 2 N–H and O–H groups in total. The predicted octanol–water partition coefficient (Wildman–Crippen LogP) is 2.85. The van der Waals surface area contributed by atoms with Crippen molar-refractivity contribution in [1.29, 1.82) is 0 Å². The zero-order valence-corrected chi connectivity index (χ0v) is 8.85. The van der Waals surface area contributed by atoms with Crippen molar-refractivity contribution >= 4 is 0 Å². The molecule has 1 unspecified atom stereocenters. The molecule has 0 aromatic heterocycles. The maximum atomic E-state index is 5.04. The van der Waals surface area contributed by atoms with Crippen LogP contribution in [0.15, 0.2) is 11.8 Å². The van der Waals surface area contributed by atoms with Crippen LogP contribution in [0.25, 0.3) is 0 Å². The van der Waals surface area contributed by atoms with E-state index >= 15 is 0 Å². The Morgan fingerprint density at radius 3 is 2.25 bits per heavy atom. The van der Waals surface area contributed by atoms with Gasteiger partial charge in [-0.05, 0) is 23.3 Å². The number of rotatable bonds is 3. The van der Waals surface area contributed by atoms with Gasteiger partial charge < -0.3 is 4.84 Å². The van der Waals surface area contributed by atoms with Crippen LogP contribution in [0.3, 0.4) is 0 Å². The lowest BCUT2D eigenvalue weighted by Gasteiger charge is -2.26. The standard InChI is InChI=1S/C10H21NO/c1-6-8(2)9(7-12-11)10(3,4)5/h7-8H,6,11H2,1-5H3/b9-7+. The average Bonchev–Trinajstić information content (AvgIpc) is 1.96. The molecule has 0 rings (SSSR count). The molecular weight excluding hydrogens is 150 g/mol. The van der Waals surface area contributed by atoms with Crippen molar-refractivity contribution in [2.24, 2.45) is 17.2 Å². The topological polar surface area (TPSA) is 35.2 Å². The summed E-state index contributed by atoms with van der Waals surface area (Å²) in [4.78, 5) is 4.59. The summed E-state index contributed by atoms with van der Waals surface area (Å²) in [5, 5.41) is 0. The van der Waals surface area contributed by atoms with E-state index in [2.05, 4.69) is 39.5 Å². The van der Waals surface area contributed by atoms with Crippen LogP contribution in [0, 0.1) is 11.3 Å². The predicted molar refractivity (Wildman–Crippen MR) is 52.3 cm³/mol. The highest BCUT2D eigenvalue weighted by Gasteiger charge is 2.21. The van der Waals surface area contributed by atoms with Crippen molar-refractivity contribution < 1.29 is 4.84 Å². The fraction of sp³-hybridized carbons (Fsp3) is 0.800. The van der Waals surface area contributed by atoms with Crippen molar-refractivity contribution in [1.82, 2.24) is 0 Å². The summed E-state index contributed by atoms with van der Waals surface area (Å²) in [5.74, 6) is 5.58. The first kappa shape index (κ1) is 11.5. The van der Waals surface area contributed by atoms with E-state index in [0.29, 0.717) is 5.92 Å². The molecule has 0 saturated heterocycles. The lowest BCUT2D eigenvalue weighted by molar-refractivity contribution is 0.243. The molecule has 0 heterocycles. The number of hydrogen-bond donors (Lipinski definition) is 1. The number of allylic oxidation sites excluding steroid dienone is 1. The monoisotopic (exact) mass is 171 g/mol. The SMILES string of the molecule is CCC(C)/C(=C\ON)C(C)(C)C. The van der Waals surface area contributed by atoms with E-state index in [1.54, 1.807) is 6.26 Å². The summed E-state index contributed by atoms with van der Waals surface area (Å²) in [6, 6.07) is 0. The van der Waals surface area contributed by atoms with Gasteiger partial charge in [-0.15, -0.1) is 0 Å². The summed E-state index contributed by atoms with van der Waals surface area (Å²) in [6.45, 7) is 10.9. The molecule has 0 aliphatic carbocycles. The van der Waals surface area contributed by atoms with Crippen LogP contribution >= 0.6 is 0 Å². The largest absolute Gasteiger partial charge is 0.419 e. The van der Waals surface area contributed by atoms with E-state index in [9.17, 15) is 0 Å². The van der Waals surface area contributed by atoms with Crippen LogP contribution in [-0.4, -0.2) is 0 Å². The second-order valence-corrected chi connectivity index (χ2v) is 4.27. The maximum absolute atomic E-state index is 5.04. The molecular formula is C10H21NO. The Bertz CT molecular complexity index is 156. The Labute approximate surface area is 75.7 Å². The van der Waals surface area contributed by atoms with Gasteiger partial charge in [0, 0.05) is 0 Å². The molecule has 12 heavy (non-hydrogen) atoms. The molecule has 0 aliphatic rings. The molecule has 0 bridgehead atoms. The van der Waals surface area contributed by atoms with E-state index in [1.165, 1.54) is 5.57 Å². The Kier molecular flexibility index (Phi) is 4.32. The first-order valence-electron chi connectivity index (χ1n) is 4.49. The van der Waals surface area contributed by atoms with Gasteiger partial charge in [0.25, 0.3) is 0 Å². The fourth-order valence-electron chi connectivity index (χ4n) is 1.33. The van der Waals surface area contributed by atoms with Crippen molar-refractivity contribution in [3.8, 4) is 0 Å². The quantitative estimate of drug-likeness (QED) is 0.523. The van der Waals surface area contributed by atoms with Crippen molar-refractivity contribution in [3.05, 3.63) is 11.8 Å². The van der Waals surface area contributed by atoms with Gasteiger partial charge in [0.15, 0.2) is 0 Å². The fourth-order valence-corrected chi connectivity index (χ4v) is 1.33. The van der Waals surface area contributed by atoms with E-state index in [1.807, 2.05) is 0 Å². The third-order valence-electron chi connectivity index (χ3n) is 2.20. The number of nitrogens with two attached hydrogens (primary N) is 1. The van der Waals surface area contributed by atoms with E-state index in [-0.39, 0.29) is 5.41 Å². The van der Waals surface area contributed by atoms with Gasteiger partial charge in [-0.1, -0.05) is 34.6 Å². The highest BCUT2D eigenvalue weighted by molar-refractivity contribution is 5.11. The average molecular weight is 171 g/mol. The van der Waals surface area contributed by atoms with Crippen LogP contribution in [-0.2, 0) is 4.84 Å². The minimum absolute atomic E-state index is 0.148. The molecule has 0 aliphatic heterocycles. The highest BCUT2D eigenvalue weighted by atomic mass is 16.6. The lowest BCUT2D eigenvalue weighted by Crippen LogP contribution is -2.16. The number of hydrogen-bond acceptors (Lipinski definition) is 2. The second kappa shape index (κ2) is 4.51. The van der Waals surface area contributed by atoms with Gasteiger partial charge in [-0.2, -0.15) is 5.90 Å². The Morgan fingerprint density at radius 1 is 1.50 bits per heavy atom. The van der Waals surface area contributed by atoms with Gasteiger partial charge >= 0.3 is 0 Å². The molecule has 0 amide bonds. The van der Waals surface area contributed by atoms with Crippen LogP contribution in [0.1, 0.15) is 41.0 Å². The molecule has 0 radical (unpaired) electrons. The molecule has 0 fully saturated rings. The van der Waals surface area contributed by atoms with Gasteiger partial charge in [0.05, 0.1) is 0 Å². The summed E-state index contributed by atoms with van der Waals surface area (Å²) in [6.07, 6.45) is 2.79. The van der Waals surface area contributed by atoms with E-state index in [4.69, 9.17) is 5.90 Å². The first-order valence-corrected chi connectivity index (χ1v) is 4.49. The van der Waals surface area contributed by atoms with Crippen LogP contribution < -0.4 is 5.90 Å². The maximum Gasteiger partial charge on any atom is 0.110 e. The third kappa shape index (κ3) is 3.26. The summed E-state index contributed by atoms with van der Waals surface area (Å²) < 4.78 is 0. The molecule has 72 valence electrons. The van der Waals surface area contributed by atoms with Crippen LogP contribution in [0.4, 0.5) is 0 Å². The van der Waals surface area contributed by atoms with Crippen molar-refractivity contribution in [3.63, 3.8) is 0 Å². The molecule has 2 heteroatoms. The van der Waals surface area contributed by atoms with E-state index < -0.39 is 0 Å². The summed E-state index contributed by atoms with van der Waals surface area (Å²) in [5.41, 5.74) is 1.42. The smallest absolute Gasteiger partial charge is 0.110 e. The van der Waals surface area contributed by atoms with Gasteiger partial charge in [0.1, 0.15) is 6.26 Å². The Balaban J connectivity index is 4.56. The molecule has 1 atom stereocenters. The molecule has 0 aromatic rings. The lowest BCUT2D eigenvalue weighted by atomic mass is 9.79. The van der Waals surface area contributed by atoms with Gasteiger partial charge in [-0.25, -0.2) is 0 Å². The normalized spacial score (nSPS) is 16.0. The Hall–Kier alpha value is -0.500. The van der Waals surface area contributed by atoms with E-state index in [0.717, 1.165) is 6.42 Å². The third-order valence-corrected chi connectivity index (χ3v) is 2.20. The van der Waals surface area contributed by atoms with Crippen LogP contribution in [0.2, 0.25) is 0 Å². The van der Waals surface area contributed by atoms with Gasteiger partial charge in [-0.3, -0.25) is 0 Å². The highest BCUT2D eigenvalue weighted by Crippen LogP contribution is 2.32. The molecule has 0 saturated carbocycles. The molecule has 2 nitrogen and oxygen atoms in total. The second-order valence-electron chi connectivity index (χ2n) is 4.27. The minimum atomic E-state index is 0.148. The van der Waals surface area contributed by atoms with Crippen molar-refractivity contribution in [2.75, 3.05) is 0 Å². The first-order chi connectivity index (χ1) is 5.43. The summed E-state index contributed by atoms with van der Waals surface area (Å²) >= 11 is 0. The minimum Gasteiger partial charge on any atom is -0.419 e. The van der Waals surface area contributed by atoms with Gasteiger partial charge in [0.2, 0.25) is 0 Å². The Morgan fingerprint density at radius 2 is 2.00 bits per heavy atom. The molecule has 0 aromatic carbocycles.